The third-order valence-corrected chi connectivity index (χ3v) is 42.9. The average molecular weight is 904 g/mol. The van der Waals surface area contributed by atoms with Gasteiger partial charge in [0.2, 0.25) is 0 Å². The molecule has 0 aliphatic heterocycles. The van der Waals surface area contributed by atoms with E-state index in [9.17, 15) is 0 Å². The molecule has 5 rings (SSSR count). The lowest BCUT2D eigenvalue weighted by Gasteiger charge is -2.31. The molecule has 0 saturated heterocycles. The van der Waals surface area contributed by atoms with Gasteiger partial charge in [0.05, 0.1) is 32.3 Å². The van der Waals surface area contributed by atoms with Crippen LogP contribution in [0.25, 0.3) is 43.1 Å². The zero-order valence-electron chi connectivity index (χ0n) is 43.6. The predicted octanol–water partition coefficient (Wildman–Crippen LogP) is 19.7. The molecule has 0 saturated carbocycles. The molecule has 0 aliphatic carbocycles. The second-order valence-electron chi connectivity index (χ2n) is 21.1. The molecule has 62 heavy (non-hydrogen) atoms. The molecule has 0 radical (unpaired) electrons. The fraction of sp³-hybridized carbons (Fsp3) is 0.621. The Kier molecular flexibility index (Phi) is 17.7. The maximum atomic E-state index is 2.86. The minimum atomic E-state index is -1.36. The number of rotatable bonds is 24. The van der Waals surface area contributed by atoms with Crippen molar-refractivity contribution in [1.82, 2.24) is 0 Å². The SMILES string of the molecule is CC[Si](CC)(CC)CCc1c2cc(C)c(C)cc2c(CC[Si](CC)(CC)CC)c2cc3c(CC[Si](CC)(CC)CC)c4cc(C)c(C)cc4c(CC[Si](CC)(CC)CC)c3cc12. The van der Waals surface area contributed by atoms with Gasteiger partial charge in [-0.3, -0.25) is 0 Å². The van der Waals surface area contributed by atoms with Gasteiger partial charge in [0.1, 0.15) is 0 Å². The second-order valence-corrected chi connectivity index (χ2v) is 43.5. The molecule has 0 aromatic heterocycles. The first kappa shape index (κ1) is 51.0. The van der Waals surface area contributed by atoms with E-state index >= 15 is 0 Å². The molecule has 0 unspecified atom stereocenters. The zero-order chi connectivity index (χ0) is 45.6. The van der Waals surface area contributed by atoms with E-state index in [0.29, 0.717) is 0 Å². The monoisotopic (exact) mass is 903 g/mol. The van der Waals surface area contributed by atoms with E-state index in [-0.39, 0.29) is 0 Å². The van der Waals surface area contributed by atoms with Crippen molar-refractivity contribution in [2.75, 3.05) is 0 Å². The molecule has 0 heterocycles. The number of hydrogen-bond donors (Lipinski definition) is 0. The lowest BCUT2D eigenvalue weighted by atomic mass is 9.83. The molecule has 0 spiro atoms. The maximum absolute atomic E-state index is 2.86. The van der Waals surface area contributed by atoms with Gasteiger partial charge < -0.3 is 0 Å². The summed E-state index contributed by atoms with van der Waals surface area (Å²) in [7, 11) is -5.45. The highest BCUT2D eigenvalue weighted by molar-refractivity contribution is 6.81. The third-order valence-electron chi connectivity index (χ3n) is 19.6. The van der Waals surface area contributed by atoms with Crippen LogP contribution >= 0.6 is 0 Å². The fourth-order valence-corrected chi connectivity index (χ4v) is 25.9. The number of aryl methyl sites for hydroxylation is 8. The highest BCUT2D eigenvalue weighted by Crippen LogP contribution is 2.45. The van der Waals surface area contributed by atoms with Crippen LogP contribution in [0.5, 0.6) is 0 Å². The lowest BCUT2D eigenvalue weighted by molar-refractivity contribution is 1.02. The van der Waals surface area contributed by atoms with Crippen molar-refractivity contribution in [2.45, 2.75) is 233 Å². The van der Waals surface area contributed by atoms with Gasteiger partial charge in [0, 0.05) is 0 Å². The van der Waals surface area contributed by atoms with Crippen LogP contribution in [0.3, 0.4) is 0 Å². The van der Waals surface area contributed by atoms with Crippen molar-refractivity contribution in [2.24, 2.45) is 0 Å². The molecule has 5 aromatic rings. The van der Waals surface area contributed by atoms with E-state index in [1.165, 1.54) is 145 Å². The quantitative estimate of drug-likeness (QED) is 0.0428. The third kappa shape index (κ3) is 9.90. The highest BCUT2D eigenvalue weighted by Gasteiger charge is 2.32. The summed E-state index contributed by atoms with van der Waals surface area (Å²) in [6, 6.07) is 38.8. The largest absolute Gasteiger partial charge is 0.0678 e. The summed E-state index contributed by atoms with van der Waals surface area (Å²) < 4.78 is 0. The molecule has 0 nitrogen and oxygen atoms in total. The van der Waals surface area contributed by atoms with Crippen LogP contribution in [0.1, 0.15) is 128 Å². The van der Waals surface area contributed by atoms with Gasteiger partial charge in [-0.25, -0.2) is 0 Å². The van der Waals surface area contributed by atoms with E-state index in [1.54, 1.807) is 65.3 Å². The van der Waals surface area contributed by atoms with Gasteiger partial charge in [-0.05, 0) is 153 Å². The van der Waals surface area contributed by atoms with Gasteiger partial charge in [-0.2, -0.15) is 0 Å². The Labute approximate surface area is 387 Å². The summed E-state index contributed by atoms with van der Waals surface area (Å²) in [5.41, 5.74) is 12.6. The van der Waals surface area contributed by atoms with Gasteiger partial charge in [-0.1, -0.05) is 204 Å². The summed E-state index contributed by atoms with van der Waals surface area (Å²) in [6.07, 6.45) is 4.90. The first-order chi connectivity index (χ1) is 29.7. The van der Waals surface area contributed by atoms with E-state index in [2.05, 4.69) is 147 Å². The fourth-order valence-electron chi connectivity index (χ4n) is 12.6. The van der Waals surface area contributed by atoms with Gasteiger partial charge in [0.25, 0.3) is 0 Å². The average Bonchev–Trinajstić information content (AvgIpc) is 3.30. The maximum Gasteiger partial charge on any atom is 0.0530 e. The zero-order valence-corrected chi connectivity index (χ0v) is 47.6. The van der Waals surface area contributed by atoms with Crippen molar-refractivity contribution >= 4 is 75.4 Å². The van der Waals surface area contributed by atoms with Crippen molar-refractivity contribution in [3.05, 3.63) is 80.9 Å². The molecule has 0 bridgehead atoms. The Morgan fingerprint density at radius 3 is 0.532 bits per heavy atom. The molecular weight excluding hydrogens is 809 g/mol. The number of hydrogen-bond acceptors (Lipinski definition) is 0. The van der Waals surface area contributed by atoms with Crippen LogP contribution in [-0.2, 0) is 25.7 Å². The normalized spacial score (nSPS) is 13.2. The van der Waals surface area contributed by atoms with E-state index in [0.717, 1.165) is 0 Å². The Bertz CT molecular complexity index is 1940. The summed E-state index contributed by atoms with van der Waals surface area (Å²) in [4.78, 5) is 0. The molecule has 4 heteroatoms. The molecule has 342 valence electrons. The topological polar surface area (TPSA) is 0 Å². The van der Waals surface area contributed by atoms with Crippen molar-refractivity contribution < 1.29 is 0 Å². The number of fused-ring (bicyclic) bond motifs is 4. The molecule has 0 atom stereocenters. The first-order valence-corrected chi connectivity index (χ1v) is 37.8. The summed E-state index contributed by atoms with van der Waals surface area (Å²) >= 11 is 0. The van der Waals surface area contributed by atoms with Gasteiger partial charge >= 0.3 is 0 Å². The Hall–Kier alpha value is -1.99. The minimum Gasteiger partial charge on any atom is -0.0678 e. The molecular formula is C58H94Si4. The summed E-state index contributed by atoms with van der Waals surface area (Å²) in [5, 5.41) is 12.8. The highest BCUT2D eigenvalue weighted by atomic mass is 28.3. The summed E-state index contributed by atoms with van der Waals surface area (Å²) in [5.74, 6) is 0. The molecule has 0 fully saturated rings. The van der Waals surface area contributed by atoms with Crippen LogP contribution in [0.4, 0.5) is 0 Å². The van der Waals surface area contributed by atoms with Crippen LogP contribution < -0.4 is 0 Å². The smallest absolute Gasteiger partial charge is 0.0530 e. The van der Waals surface area contributed by atoms with Gasteiger partial charge in [0.15, 0.2) is 0 Å². The lowest BCUT2D eigenvalue weighted by Crippen LogP contribution is -2.32. The molecule has 0 aliphatic rings. The molecule has 0 N–H and O–H groups in total. The van der Waals surface area contributed by atoms with Crippen molar-refractivity contribution in [3.8, 4) is 0 Å². The summed E-state index contributed by atoms with van der Waals surface area (Å²) in [6.45, 7) is 39.8. The molecule has 5 aromatic carbocycles. The van der Waals surface area contributed by atoms with Crippen LogP contribution in [0.15, 0.2) is 36.4 Å². The van der Waals surface area contributed by atoms with Crippen molar-refractivity contribution in [1.29, 1.82) is 0 Å². The van der Waals surface area contributed by atoms with E-state index < -0.39 is 32.3 Å². The van der Waals surface area contributed by atoms with Crippen LogP contribution in [0.2, 0.25) is 96.7 Å². The molecule has 0 amide bonds. The van der Waals surface area contributed by atoms with Crippen molar-refractivity contribution in [3.63, 3.8) is 0 Å². The Balaban J connectivity index is 2.04. The first-order valence-electron chi connectivity index (χ1n) is 26.5. The van der Waals surface area contributed by atoms with Crippen LogP contribution in [0, 0.1) is 27.7 Å². The van der Waals surface area contributed by atoms with Gasteiger partial charge in [-0.15, -0.1) is 0 Å². The second kappa shape index (κ2) is 21.5. The van der Waals surface area contributed by atoms with E-state index in [1.807, 2.05) is 0 Å². The minimum absolute atomic E-state index is 1.23. The van der Waals surface area contributed by atoms with E-state index in [4.69, 9.17) is 0 Å². The standard InChI is InChI=1S/C58H94Si4/c1-17-59(18-2,19-3)33-29-47-51-37-43(13)44(14)38-52(51)48(30-34-60(20-4,21-5)22-6)56-42-58-50(32-36-62(26-10,27-11)28-12)54-40-46(16)45(15)39-53(54)49(57(58)41-55(47)56)31-35-61(23-7,24-8)25-9/h37-42H,17-36H2,1-16H3. The Morgan fingerprint density at radius 1 is 0.242 bits per heavy atom. The Morgan fingerprint density at radius 2 is 0.387 bits per heavy atom. The van der Waals surface area contributed by atoms with Crippen LogP contribution in [-0.4, -0.2) is 32.3 Å². The number of benzene rings is 5. The predicted molar refractivity (Wildman–Crippen MR) is 298 cm³/mol.